The number of nitrogens with zero attached hydrogens (tertiary/aromatic N) is 4. The molecule has 0 bridgehead atoms. The van der Waals surface area contributed by atoms with Gasteiger partial charge in [-0.3, -0.25) is 10.1 Å². The second kappa shape index (κ2) is 4.34. The molecule has 0 aliphatic carbocycles. The van der Waals surface area contributed by atoms with Gasteiger partial charge < -0.3 is 10.4 Å². The summed E-state index contributed by atoms with van der Waals surface area (Å²) in [4.78, 5) is 14.3. The maximum Gasteiger partial charge on any atom is 0.333 e. The second-order valence-electron chi connectivity index (χ2n) is 3.46. The predicted octanol–water partition coefficient (Wildman–Crippen LogP) is 0.350. The van der Waals surface area contributed by atoms with E-state index in [1.165, 1.54) is 4.52 Å². The standard InChI is InChI=1S/C9H11N5O3/c1-6-4-8(10-2-3-15)13-9(12-6)7(5-11-13)14(16)17/h4-5,10,15H,2-3H2,1H3. The Bertz CT molecular complexity index is 565. The quantitative estimate of drug-likeness (QED) is 0.587. The molecule has 0 aliphatic rings. The van der Waals surface area contributed by atoms with Crippen molar-refractivity contribution < 1.29 is 10.0 Å². The van der Waals surface area contributed by atoms with Crippen LogP contribution in [0.5, 0.6) is 0 Å². The molecule has 2 N–H and O–H groups in total. The first kappa shape index (κ1) is 11.3. The molecule has 2 aromatic heterocycles. The number of aryl methyl sites for hydroxylation is 1. The predicted molar refractivity (Wildman–Crippen MR) is 60.0 cm³/mol. The third-order valence-electron chi connectivity index (χ3n) is 2.20. The largest absolute Gasteiger partial charge is 0.395 e. The van der Waals surface area contributed by atoms with Crippen LogP contribution in [0.15, 0.2) is 12.3 Å². The Morgan fingerprint density at radius 2 is 2.41 bits per heavy atom. The fraction of sp³-hybridized carbons (Fsp3) is 0.333. The highest BCUT2D eigenvalue weighted by molar-refractivity contribution is 5.62. The molecule has 0 unspecified atom stereocenters. The molecule has 0 radical (unpaired) electrons. The number of aliphatic hydroxyl groups is 1. The van der Waals surface area contributed by atoms with Gasteiger partial charge in [0.2, 0.25) is 5.65 Å². The van der Waals surface area contributed by atoms with Gasteiger partial charge in [-0.2, -0.15) is 9.61 Å². The van der Waals surface area contributed by atoms with Gasteiger partial charge in [-0.1, -0.05) is 0 Å². The van der Waals surface area contributed by atoms with E-state index in [-0.39, 0.29) is 17.9 Å². The van der Waals surface area contributed by atoms with E-state index in [9.17, 15) is 10.1 Å². The van der Waals surface area contributed by atoms with Crippen LogP contribution < -0.4 is 5.32 Å². The van der Waals surface area contributed by atoms with Crippen LogP contribution in [-0.4, -0.2) is 37.8 Å². The molecule has 8 heteroatoms. The Hall–Kier alpha value is -2.22. The number of anilines is 1. The van der Waals surface area contributed by atoms with E-state index in [1.54, 1.807) is 13.0 Å². The average molecular weight is 237 g/mol. The first-order valence-electron chi connectivity index (χ1n) is 4.98. The van der Waals surface area contributed by atoms with Gasteiger partial charge in [0, 0.05) is 18.3 Å². The summed E-state index contributed by atoms with van der Waals surface area (Å²) in [5.74, 6) is 0.564. The van der Waals surface area contributed by atoms with Crippen LogP contribution in [0.25, 0.3) is 5.65 Å². The van der Waals surface area contributed by atoms with Crippen molar-refractivity contribution in [3.63, 3.8) is 0 Å². The summed E-state index contributed by atoms with van der Waals surface area (Å²) in [5.41, 5.74) is 0.692. The first-order valence-corrected chi connectivity index (χ1v) is 4.98. The number of aromatic nitrogens is 3. The number of rotatable bonds is 4. The van der Waals surface area contributed by atoms with Crippen LogP contribution in [0.2, 0.25) is 0 Å². The second-order valence-corrected chi connectivity index (χ2v) is 3.46. The Labute approximate surface area is 96.0 Å². The SMILES string of the molecule is Cc1cc(NCCO)n2ncc([N+](=O)[O-])c2n1. The lowest BCUT2D eigenvalue weighted by atomic mass is 10.4. The molecule has 2 heterocycles. The van der Waals surface area contributed by atoms with E-state index in [4.69, 9.17) is 5.11 Å². The van der Waals surface area contributed by atoms with Crippen molar-refractivity contribution in [1.82, 2.24) is 14.6 Å². The number of hydrogen-bond acceptors (Lipinski definition) is 6. The first-order chi connectivity index (χ1) is 8.13. The molecule has 2 rings (SSSR count). The van der Waals surface area contributed by atoms with Crippen molar-refractivity contribution in [1.29, 1.82) is 0 Å². The van der Waals surface area contributed by atoms with Crippen LogP contribution in [-0.2, 0) is 0 Å². The van der Waals surface area contributed by atoms with Gasteiger partial charge in [-0.05, 0) is 6.92 Å². The van der Waals surface area contributed by atoms with Crippen molar-refractivity contribution in [2.24, 2.45) is 0 Å². The molecule has 90 valence electrons. The third-order valence-corrected chi connectivity index (χ3v) is 2.20. The van der Waals surface area contributed by atoms with Crippen LogP contribution in [0.4, 0.5) is 11.5 Å². The zero-order valence-electron chi connectivity index (χ0n) is 9.12. The molecule has 0 aromatic carbocycles. The van der Waals surface area contributed by atoms with Crippen LogP contribution in [0.1, 0.15) is 5.69 Å². The van der Waals surface area contributed by atoms with Crippen molar-refractivity contribution in [2.45, 2.75) is 6.92 Å². The van der Waals surface area contributed by atoms with Gasteiger partial charge in [0.1, 0.15) is 12.0 Å². The number of hydrogen-bond donors (Lipinski definition) is 2. The average Bonchev–Trinajstić information content (AvgIpc) is 2.69. The zero-order valence-corrected chi connectivity index (χ0v) is 9.12. The summed E-state index contributed by atoms with van der Waals surface area (Å²) in [5, 5.41) is 26.3. The molecule has 2 aromatic rings. The van der Waals surface area contributed by atoms with Gasteiger partial charge >= 0.3 is 5.69 Å². The highest BCUT2D eigenvalue weighted by Crippen LogP contribution is 2.21. The fourth-order valence-electron chi connectivity index (χ4n) is 1.51. The fourth-order valence-corrected chi connectivity index (χ4v) is 1.51. The molecule has 0 aliphatic heterocycles. The normalized spacial score (nSPS) is 10.7. The Kier molecular flexibility index (Phi) is 2.88. The lowest BCUT2D eigenvalue weighted by molar-refractivity contribution is -0.383. The third kappa shape index (κ3) is 2.02. The van der Waals surface area contributed by atoms with E-state index in [0.717, 1.165) is 6.20 Å². The molecule has 0 saturated heterocycles. The van der Waals surface area contributed by atoms with Gasteiger partial charge in [-0.25, -0.2) is 4.98 Å². The van der Waals surface area contributed by atoms with Crippen LogP contribution >= 0.6 is 0 Å². The minimum atomic E-state index is -0.523. The summed E-state index contributed by atoms with van der Waals surface area (Å²) in [6.45, 7) is 2.04. The van der Waals surface area contributed by atoms with Crippen molar-refractivity contribution in [2.75, 3.05) is 18.5 Å². The van der Waals surface area contributed by atoms with Gasteiger partial charge in [-0.15, -0.1) is 0 Å². The van der Waals surface area contributed by atoms with Crippen molar-refractivity contribution >= 4 is 17.2 Å². The molecule has 17 heavy (non-hydrogen) atoms. The Morgan fingerprint density at radius 3 is 3.06 bits per heavy atom. The monoisotopic (exact) mass is 237 g/mol. The summed E-state index contributed by atoms with van der Waals surface area (Å²) < 4.78 is 1.35. The van der Waals surface area contributed by atoms with Gasteiger partial charge in [0.15, 0.2) is 0 Å². The number of fused-ring (bicyclic) bond motifs is 1. The summed E-state index contributed by atoms with van der Waals surface area (Å²) in [6.07, 6.45) is 1.16. The van der Waals surface area contributed by atoms with Gasteiger partial charge in [0.05, 0.1) is 11.5 Å². The smallest absolute Gasteiger partial charge is 0.333 e. The molecule has 0 amide bonds. The van der Waals surface area contributed by atoms with E-state index < -0.39 is 4.92 Å². The number of aliphatic hydroxyl groups excluding tert-OH is 1. The highest BCUT2D eigenvalue weighted by atomic mass is 16.6. The van der Waals surface area contributed by atoms with Crippen LogP contribution in [0, 0.1) is 17.0 Å². The Morgan fingerprint density at radius 1 is 1.65 bits per heavy atom. The molecular formula is C9H11N5O3. The van der Waals surface area contributed by atoms with E-state index in [2.05, 4.69) is 15.4 Å². The van der Waals surface area contributed by atoms with E-state index in [0.29, 0.717) is 18.1 Å². The maximum absolute atomic E-state index is 10.8. The summed E-state index contributed by atoms with van der Waals surface area (Å²) in [7, 11) is 0. The Balaban J connectivity index is 2.57. The van der Waals surface area contributed by atoms with Gasteiger partial charge in [0.25, 0.3) is 0 Å². The molecular weight excluding hydrogens is 226 g/mol. The van der Waals surface area contributed by atoms with Crippen molar-refractivity contribution in [3.8, 4) is 0 Å². The minimum absolute atomic E-state index is 0.0355. The zero-order chi connectivity index (χ0) is 12.4. The van der Waals surface area contributed by atoms with E-state index >= 15 is 0 Å². The molecule has 0 atom stereocenters. The topological polar surface area (TPSA) is 106 Å². The number of nitrogens with one attached hydrogen (secondary N) is 1. The highest BCUT2D eigenvalue weighted by Gasteiger charge is 2.18. The molecule has 8 nitrogen and oxygen atoms in total. The molecule has 0 fully saturated rings. The maximum atomic E-state index is 10.8. The molecule has 0 saturated carbocycles. The van der Waals surface area contributed by atoms with Crippen LogP contribution in [0.3, 0.4) is 0 Å². The lowest BCUT2D eigenvalue weighted by Crippen LogP contribution is -2.10. The molecule has 0 spiro atoms. The van der Waals surface area contributed by atoms with Crippen molar-refractivity contribution in [3.05, 3.63) is 28.1 Å². The lowest BCUT2D eigenvalue weighted by Gasteiger charge is -2.06. The summed E-state index contributed by atoms with van der Waals surface area (Å²) in [6, 6.07) is 1.71. The summed E-state index contributed by atoms with van der Waals surface area (Å²) >= 11 is 0. The van der Waals surface area contributed by atoms with E-state index in [1.807, 2.05) is 0 Å². The minimum Gasteiger partial charge on any atom is -0.395 e. The number of nitro groups is 1.